The van der Waals surface area contributed by atoms with Gasteiger partial charge in [0, 0.05) is 26.3 Å². The van der Waals surface area contributed by atoms with Crippen LogP contribution in [0.4, 0.5) is 5.69 Å². The molecule has 0 aromatic heterocycles. The molecule has 24 heavy (non-hydrogen) atoms. The standard InChI is InChI=1S/C19H22N2O3/c1-14-6-4-5-7-16(14)12-20-18(22)13-24-19(23)15-8-10-17(11-9-15)21(2)3/h4-11H,12-13H2,1-3H3,(H,20,22). The number of carbonyl (C=O) groups is 2. The molecule has 2 aromatic carbocycles. The van der Waals surface area contributed by atoms with Gasteiger partial charge in [0.1, 0.15) is 0 Å². The van der Waals surface area contributed by atoms with Crippen LogP contribution in [0.5, 0.6) is 0 Å². The van der Waals surface area contributed by atoms with Gasteiger partial charge in [-0.25, -0.2) is 4.79 Å². The maximum atomic E-state index is 11.9. The number of aryl methyl sites for hydroxylation is 1. The van der Waals surface area contributed by atoms with Crippen LogP contribution in [-0.2, 0) is 16.1 Å². The molecule has 0 spiro atoms. The minimum atomic E-state index is -0.508. The third-order valence-corrected chi connectivity index (χ3v) is 3.69. The molecule has 1 amide bonds. The van der Waals surface area contributed by atoms with Gasteiger partial charge in [-0.15, -0.1) is 0 Å². The first-order valence-electron chi connectivity index (χ1n) is 7.73. The zero-order chi connectivity index (χ0) is 17.5. The maximum Gasteiger partial charge on any atom is 0.338 e. The monoisotopic (exact) mass is 326 g/mol. The predicted octanol–water partition coefficient (Wildman–Crippen LogP) is 2.53. The predicted molar refractivity (Wildman–Crippen MR) is 94.1 cm³/mol. The van der Waals surface area contributed by atoms with Gasteiger partial charge in [-0.1, -0.05) is 24.3 Å². The van der Waals surface area contributed by atoms with Crippen molar-refractivity contribution in [2.24, 2.45) is 0 Å². The molecule has 126 valence electrons. The van der Waals surface area contributed by atoms with Crippen LogP contribution in [0.25, 0.3) is 0 Å². The lowest BCUT2D eigenvalue weighted by Gasteiger charge is -2.12. The number of hydrogen-bond acceptors (Lipinski definition) is 4. The third kappa shape index (κ3) is 4.84. The normalized spacial score (nSPS) is 10.1. The lowest BCUT2D eigenvalue weighted by Crippen LogP contribution is -2.28. The van der Waals surface area contributed by atoms with Gasteiger partial charge in [-0.2, -0.15) is 0 Å². The summed E-state index contributed by atoms with van der Waals surface area (Å²) in [5.74, 6) is -0.831. The van der Waals surface area contributed by atoms with Crippen LogP contribution >= 0.6 is 0 Å². The first-order valence-corrected chi connectivity index (χ1v) is 7.73. The molecule has 5 nitrogen and oxygen atoms in total. The highest BCUT2D eigenvalue weighted by molar-refractivity contribution is 5.91. The quantitative estimate of drug-likeness (QED) is 0.829. The van der Waals surface area contributed by atoms with Crippen LogP contribution in [0.15, 0.2) is 48.5 Å². The van der Waals surface area contributed by atoms with Gasteiger partial charge in [0.25, 0.3) is 5.91 Å². The van der Waals surface area contributed by atoms with Crippen LogP contribution in [0, 0.1) is 6.92 Å². The van der Waals surface area contributed by atoms with E-state index in [0.717, 1.165) is 16.8 Å². The lowest BCUT2D eigenvalue weighted by atomic mass is 10.1. The topological polar surface area (TPSA) is 58.6 Å². The Morgan fingerprint density at radius 3 is 2.33 bits per heavy atom. The summed E-state index contributed by atoms with van der Waals surface area (Å²) in [7, 11) is 3.85. The van der Waals surface area contributed by atoms with E-state index in [1.807, 2.05) is 62.3 Å². The second-order valence-corrected chi connectivity index (χ2v) is 5.72. The second kappa shape index (κ2) is 8.15. The van der Waals surface area contributed by atoms with E-state index in [1.165, 1.54) is 0 Å². The van der Waals surface area contributed by atoms with E-state index in [0.29, 0.717) is 12.1 Å². The van der Waals surface area contributed by atoms with Crippen LogP contribution in [0.3, 0.4) is 0 Å². The number of benzene rings is 2. The highest BCUT2D eigenvalue weighted by atomic mass is 16.5. The van der Waals surface area contributed by atoms with E-state index in [2.05, 4.69) is 5.32 Å². The Balaban J connectivity index is 1.80. The SMILES string of the molecule is Cc1ccccc1CNC(=O)COC(=O)c1ccc(N(C)C)cc1. The second-order valence-electron chi connectivity index (χ2n) is 5.72. The van der Waals surface area contributed by atoms with Crippen molar-refractivity contribution in [3.8, 4) is 0 Å². The highest BCUT2D eigenvalue weighted by Gasteiger charge is 2.10. The lowest BCUT2D eigenvalue weighted by molar-refractivity contribution is -0.124. The fourth-order valence-electron chi connectivity index (χ4n) is 2.16. The van der Waals surface area contributed by atoms with Gasteiger partial charge in [0.2, 0.25) is 0 Å². The van der Waals surface area contributed by atoms with E-state index >= 15 is 0 Å². The zero-order valence-corrected chi connectivity index (χ0v) is 14.2. The number of nitrogens with zero attached hydrogens (tertiary/aromatic N) is 1. The Bertz CT molecular complexity index is 709. The molecule has 2 aromatic rings. The van der Waals surface area contributed by atoms with Crippen LogP contribution in [0.2, 0.25) is 0 Å². The fraction of sp³-hybridized carbons (Fsp3) is 0.263. The third-order valence-electron chi connectivity index (χ3n) is 3.69. The van der Waals surface area contributed by atoms with Crippen molar-refractivity contribution in [2.75, 3.05) is 25.6 Å². The van der Waals surface area contributed by atoms with E-state index in [1.54, 1.807) is 12.1 Å². The summed E-state index contributed by atoms with van der Waals surface area (Å²) in [6.07, 6.45) is 0. The molecule has 0 saturated heterocycles. The number of esters is 1. The van der Waals surface area contributed by atoms with Gasteiger partial charge >= 0.3 is 5.97 Å². The number of hydrogen-bond donors (Lipinski definition) is 1. The average molecular weight is 326 g/mol. The van der Waals surface area contributed by atoms with Crippen molar-refractivity contribution in [1.82, 2.24) is 5.32 Å². The van der Waals surface area contributed by atoms with Gasteiger partial charge in [-0.05, 0) is 42.3 Å². The molecule has 0 fully saturated rings. The van der Waals surface area contributed by atoms with Crippen molar-refractivity contribution in [3.63, 3.8) is 0 Å². The molecule has 1 N–H and O–H groups in total. The summed E-state index contributed by atoms with van der Waals surface area (Å²) in [6, 6.07) is 14.8. The minimum Gasteiger partial charge on any atom is -0.452 e. The minimum absolute atomic E-state index is 0.292. The number of carbonyl (C=O) groups excluding carboxylic acids is 2. The molecule has 0 unspecified atom stereocenters. The van der Waals surface area contributed by atoms with Crippen LogP contribution in [0.1, 0.15) is 21.5 Å². The fourth-order valence-corrected chi connectivity index (χ4v) is 2.16. The molecule has 0 atom stereocenters. The van der Waals surface area contributed by atoms with Crippen LogP contribution < -0.4 is 10.2 Å². The Kier molecular flexibility index (Phi) is 5.95. The molecule has 5 heteroatoms. The summed E-state index contributed by atoms with van der Waals surface area (Å²) in [6.45, 7) is 2.11. The van der Waals surface area contributed by atoms with E-state index < -0.39 is 5.97 Å². The van der Waals surface area contributed by atoms with Crippen molar-refractivity contribution >= 4 is 17.6 Å². The number of anilines is 1. The highest BCUT2D eigenvalue weighted by Crippen LogP contribution is 2.13. The summed E-state index contributed by atoms with van der Waals surface area (Å²) < 4.78 is 5.04. The van der Waals surface area contributed by atoms with E-state index in [-0.39, 0.29) is 12.5 Å². The van der Waals surface area contributed by atoms with E-state index in [9.17, 15) is 9.59 Å². The molecule has 0 radical (unpaired) electrons. The zero-order valence-electron chi connectivity index (χ0n) is 14.2. The van der Waals surface area contributed by atoms with Gasteiger partial charge < -0.3 is 15.0 Å². The molecule has 0 bridgehead atoms. The van der Waals surface area contributed by atoms with Crippen LogP contribution in [-0.4, -0.2) is 32.6 Å². The average Bonchev–Trinajstić information content (AvgIpc) is 2.59. The van der Waals surface area contributed by atoms with Crippen molar-refractivity contribution in [3.05, 3.63) is 65.2 Å². The maximum absolute atomic E-state index is 11.9. The van der Waals surface area contributed by atoms with Crippen molar-refractivity contribution in [2.45, 2.75) is 13.5 Å². The first-order chi connectivity index (χ1) is 11.5. The molecule has 0 aliphatic rings. The Morgan fingerprint density at radius 1 is 1.04 bits per heavy atom. The summed E-state index contributed by atoms with van der Waals surface area (Å²) in [5.41, 5.74) is 3.56. The van der Waals surface area contributed by atoms with Gasteiger partial charge in [-0.3, -0.25) is 4.79 Å². The number of rotatable bonds is 6. The molecule has 0 saturated carbocycles. The number of nitrogens with one attached hydrogen (secondary N) is 1. The molecular weight excluding hydrogens is 304 g/mol. The Labute approximate surface area is 142 Å². The Morgan fingerprint density at radius 2 is 1.71 bits per heavy atom. The molecule has 0 aliphatic heterocycles. The number of amides is 1. The van der Waals surface area contributed by atoms with Crippen molar-refractivity contribution in [1.29, 1.82) is 0 Å². The van der Waals surface area contributed by atoms with Gasteiger partial charge in [0.15, 0.2) is 6.61 Å². The van der Waals surface area contributed by atoms with E-state index in [4.69, 9.17) is 4.74 Å². The molecule has 0 heterocycles. The Hall–Kier alpha value is -2.82. The molecule has 0 aliphatic carbocycles. The number of ether oxygens (including phenoxy) is 1. The molecular formula is C19H22N2O3. The summed E-state index contributed by atoms with van der Waals surface area (Å²) in [4.78, 5) is 25.7. The summed E-state index contributed by atoms with van der Waals surface area (Å²) >= 11 is 0. The first kappa shape index (κ1) is 17.5. The summed E-state index contributed by atoms with van der Waals surface area (Å²) in [5, 5.41) is 2.75. The molecule has 2 rings (SSSR count). The van der Waals surface area contributed by atoms with Crippen molar-refractivity contribution < 1.29 is 14.3 Å². The smallest absolute Gasteiger partial charge is 0.338 e. The van der Waals surface area contributed by atoms with Gasteiger partial charge in [0.05, 0.1) is 5.56 Å². The largest absolute Gasteiger partial charge is 0.452 e.